The Kier molecular flexibility index (Phi) is 3.74. The van der Waals surface area contributed by atoms with E-state index in [1.807, 2.05) is 5.01 Å². The summed E-state index contributed by atoms with van der Waals surface area (Å²) in [7, 11) is 0. The van der Waals surface area contributed by atoms with E-state index in [9.17, 15) is 4.79 Å². The van der Waals surface area contributed by atoms with Crippen LogP contribution < -0.4 is 5.43 Å². The van der Waals surface area contributed by atoms with Gasteiger partial charge < -0.3 is 0 Å². The van der Waals surface area contributed by atoms with Crippen molar-refractivity contribution in [2.75, 3.05) is 13.1 Å². The van der Waals surface area contributed by atoms with Crippen molar-refractivity contribution in [2.45, 2.75) is 19.3 Å². The third kappa shape index (κ3) is 2.71. The number of amides is 1. The van der Waals surface area contributed by atoms with Crippen LogP contribution in [0, 0.1) is 0 Å². The number of hydrazine groups is 1. The second-order valence-corrected chi connectivity index (χ2v) is 4.19. The highest BCUT2D eigenvalue weighted by atomic mass is 35.5. The van der Waals surface area contributed by atoms with Crippen molar-refractivity contribution in [2.24, 2.45) is 0 Å². The van der Waals surface area contributed by atoms with Crippen LogP contribution in [0.1, 0.15) is 29.6 Å². The second kappa shape index (κ2) is 5.27. The lowest BCUT2D eigenvalue weighted by atomic mass is 10.2. The molecule has 4 nitrogen and oxygen atoms in total. The fourth-order valence-corrected chi connectivity index (χ4v) is 1.97. The zero-order chi connectivity index (χ0) is 11.4. The number of nitrogens with zero attached hydrogens (tertiary/aromatic N) is 2. The van der Waals surface area contributed by atoms with E-state index in [0.29, 0.717) is 5.56 Å². The molecule has 0 radical (unpaired) electrons. The van der Waals surface area contributed by atoms with Gasteiger partial charge in [0.2, 0.25) is 0 Å². The maximum absolute atomic E-state index is 11.9. The molecule has 0 aliphatic carbocycles. The Morgan fingerprint density at radius 1 is 1.38 bits per heavy atom. The van der Waals surface area contributed by atoms with Crippen molar-refractivity contribution in [3.05, 3.63) is 29.0 Å². The third-order valence-corrected chi connectivity index (χ3v) is 2.92. The van der Waals surface area contributed by atoms with Gasteiger partial charge in [0, 0.05) is 19.3 Å². The van der Waals surface area contributed by atoms with Gasteiger partial charge in [-0.2, -0.15) is 0 Å². The molecule has 5 heteroatoms. The van der Waals surface area contributed by atoms with Gasteiger partial charge in [0.15, 0.2) is 0 Å². The molecule has 0 spiro atoms. The lowest BCUT2D eigenvalue weighted by Crippen LogP contribution is -2.45. The van der Waals surface area contributed by atoms with Crippen molar-refractivity contribution in [3.8, 4) is 0 Å². The van der Waals surface area contributed by atoms with E-state index in [1.165, 1.54) is 6.42 Å². The summed E-state index contributed by atoms with van der Waals surface area (Å²) in [6.07, 6.45) is 5.06. The number of pyridine rings is 1. The molecule has 1 N–H and O–H groups in total. The number of carbonyl (C=O) groups is 1. The van der Waals surface area contributed by atoms with Gasteiger partial charge >= 0.3 is 0 Å². The Balaban J connectivity index is 2.00. The Labute approximate surface area is 99.6 Å². The predicted molar refractivity (Wildman–Crippen MR) is 62.1 cm³/mol. The number of aromatic nitrogens is 1. The Hall–Kier alpha value is -1.13. The summed E-state index contributed by atoms with van der Waals surface area (Å²) < 4.78 is 0. The van der Waals surface area contributed by atoms with Crippen LogP contribution in [0.4, 0.5) is 0 Å². The summed E-state index contributed by atoms with van der Waals surface area (Å²) in [5, 5.41) is 2.19. The first kappa shape index (κ1) is 11.4. The molecule has 1 fully saturated rings. The Morgan fingerprint density at radius 3 is 2.81 bits per heavy atom. The summed E-state index contributed by atoms with van der Waals surface area (Å²) in [6.45, 7) is 1.81. The van der Waals surface area contributed by atoms with E-state index in [1.54, 1.807) is 18.3 Å². The van der Waals surface area contributed by atoms with Crippen molar-refractivity contribution in [3.63, 3.8) is 0 Å². The second-order valence-electron chi connectivity index (χ2n) is 3.83. The molecule has 2 rings (SSSR count). The SMILES string of the molecule is O=C(NN1CCCCC1)c1cccnc1Cl. The molecule has 16 heavy (non-hydrogen) atoms. The minimum Gasteiger partial charge on any atom is -0.285 e. The van der Waals surface area contributed by atoms with Crippen LogP contribution in [0.25, 0.3) is 0 Å². The molecule has 1 saturated heterocycles. The number of rotatable bonds is 2. The lowest BCUT2D eigenvalue weighted by molar-refractivity contribution is 0.0750. The maximum Gasteiger partial charge on any atom is 0.268 e. The van der Waals surface area contributed by atoms with Crippen molar-refractivity contribution in [1.29, 1.82) is 0 Å². The average molecular weight is 240 g/mol. The average Bonchev–Trinajstić information content (AvgIpc) is 2.31. The number of hydrogen-bond acceptors (Lipinski definition) is 3. The highest BCUT2D eigenvalue weighted by Crippen LogP contribution is 2.12. The molecule has 0 saturated carbocycles. The van der Waals surface area contributed by atoms with Gasteiger partial charge in [-0.15, -0.1) is 0 Å². The van der Waals surface area contributed by atoms with Gasteiger partial charge in [-0.25, -0.2) is 9.99 Å². The van der Waals surface area contributed by atoms with Gasteiger partial charge in [0.05, 0.1) is 5.56 Å². The fraction of sp³-hybridized carbons (Fsp3) is 0.455. The molecule has 1 aromatic rings. The van der Waals surface area contributed by atoms with Crippen LogP contribution >= 0.6 is 11.6 Å². The fourth-order valence-electron chi connectivity index (χ4n) is 1.76. The van der Waals surface area contributed by atoms with Crippen LogP contribution in [-0.4, -0.2) is 29.0 Å². The van der Waals surface area contributed by atoms with E-state index < -0.39 is 0 Å². The summed E-state index contributed by atoms with van der Waals surface area (Å²) >= 11 is 5.85. The first-order valence-corrected chi connectivity index (χ1v) is 5.81. The highest BCUT2D eigenvalue weighted by molar-refractivity contribution is 6.32. The topological polar surface area (TPSA) is 45.2 Å². The monoisotopic (exact) mass is 239 g/mol. The largest absolute Gasteiger partial charge is 0.285 e. The van der Waals surface area contributed by atoms with Crippen LogP contribution in [0.3, 0.4) is 0 Å². The number of halogens is 1. The molecule has 0 bridgehead atoms. The molecule has 0 aromatic carbocycles. The van der Waals surface area contributed by atoms with Crippen molar-refractivity contribution in [1.82, 2.24) is 15.4 Å². The minimum absolute atomic E-state index is 0.181. The van der Waals surface area contributed by atoms with Crippen LogP contribution in [0.15, 0.2) is 18.3 Å². The molecule has 2 heterocycles. The van der Waals surface area contributed by atoms with Gasteiger partial charge in [-0.3, -0.25) is 10.2 Å². The van der Waals surface area contributed by atoms with Crippen molar-refractivity contribution >= 4 is 17.5 Å². The van der Waals surface area contributed by atoms with Crippen LogP contribution in [0.5, 0.6) is 0 Å². The third-order valence-electron chi connectivity index (χ3n) is 2.62. The number of hydrogen-bond donors (Lipinski definition) is 1. The zero-order valence-electron chi connectivity index (χ0n) is 8.95. The van der Waals surface area contributed by atoms with Gasteiger partial charge in [0.25, 0.3) is 5.91 Å². The minimum atomic E-state index is -0.181. The smallest absolute Gasteiger partial charge is 0.268 e. The maximum atomic E-state index is 11.9. The molecule has 86 valence electrons. The standard InChI is InChI=1S/C11H14ClN3O/c12-10-9(5-4-6-13-10)11(16)14-15-7-2-1-3-8-15/h4-6H,1-3,7-8H2,(H,14,16). The molecule has 0 unspecified atom stereocenters. The quantitative estimate of drug-likeness (QED) is 0.802. The van der Waals surface area contributed by atoms with E-state index in [4.69, 9.17) is 11.6 Å². The molecule has 0 atom stereocenters. The normalized spacial score (nSPS) is 17.1. The number of nitrogens with one attached hydrogen (secondary N) is 1. The molecular formula is C11H14ClN3O. The summed E-state index contributed by atoms with van der Waals surface area (Å²) in [4.78, 5) is 15.7. The van der Waals surface area contributed by atoms with Gasteiger partial charge in [-0.1, -0.05) is 18.0 Å². The van der Waals surface area contributed by atoms with Gasteiger partial charge in [0.1, 0.15) is 5.15 Å². The zero-order valence-corrected chi connectivity index (χ0v) is 9.70. The van der Waals surface area contributed by atoms with E-state index in [2.05, 4.69) is 10.4 Å². The summed E-state index contributed by atoms with van der Waals surface area (Å²) in [6, 6.07) is 3.38. The Morgan fingerprint density at radius 2 is 2.12 bits per heavy atom. The number of carbonyl (C=O) groups excluding carboxylic acids is 1. The molecule has 1 aliphatic rings. The molecule has 1 aromatic heterocycles. The number of piperidine rings is 1. The first-order valence-electron chi connectivity index (χ1n) is 5.44. The highest BCUT2D eigenvalue weighted by Gasteiger charge is 2.15. The van der Waals surface area contributed by atoms with E-state index >= 15 is 0 Å². The predicted octanol–water partition coefficient (Wildman–Crippen LogP) is 1.87. The van der Waals surface area contributed by atoms with E-state index in [0.717, 1.165) is 25.9 Å². The van der Waals surface area contributed by atoms with Crippen LogP contribution in [0.2, 0.25) is 5.15 Å². The lowest BCUT2D eigenvalue weighted by Gasteiger charge is -2.26. The summed E-state index contributed by atoms with van der Waals surface area (Å²) in [5.74, 6) is -0.181. The van der Waals surface area contributed by atoms with Crippen LogP contribution in [-0.2, 0) is 0 Å². The molecule has 1 amide bonds. The van der Waals surface area contributed by atoms with Crippen molar-refractivity contribution < 1.29 is 4.79 Å². The summed E-state index contributed by atoms with van der Waals surface area (Å²) in [5.41, 5.74) is 3.27. The molecular weight excluding hydrogens is 226 g/mol. The molecule has 1 aliphatic heterocycles. The van der Waals surface area contributed by atoms with E-state index in [-0.39, 0.29) is 11.1 Å². The Bertz CT molecular complexity index is 377. The first-order chi connectivity index (χ1) is 7.77. The van der Waals surface area contributed by atoms with Gasteiger partial charge in [-0.05, 0) is 25.0 Å².